The smallest absolute Gasteiger partial charge is 0.253 e. The lowest BCUT2D eigenvalue weighted by molar-refractivity contribution is 0.0711. The predicted molar refractivity (Wildman–Crippen MR) is 118 cm³/mol. The highest BCUT2D eigenvalue weighted by Gasteiger charge is 2.27. The molecule has 8 nitrogen and oxygen atoms in total. The average Bonchev–Trinajstić information content (AvgIpc) is 3.28. The van der Waals surface area contributed by atoms with Crippen molar-refractivity contribution in [3.8, 4) is 17.2 Å². The molecule has 164 valence electrons. The summed E-state index contributed by atoms with van der Waals surface area (Å²) in [6, 6.07) is 14.4. The number of phenolic OH excluding ortho intramolecular Hbond substituents is 1. The van der Waals surface area contributed by atoms with E-state index in [1.54, 1.807) is 30.3 Å². The van der Waals surface area contributed by atoms with Crippen LogP contribution in [-0.2, 0) is 6.42 Å². The molecule has 1 amide bonds. The first-order valence-electron chi connectivity index (χ1n) is 10.7. The number of hydrogen-bond acceptors (Lipinski definition) is 7. The second kappa shape index (κ2) is 8.37. The van der Waals surface area contributed by atoms with Gasteiger partial charge >= 0.3 is 0 Å². The lowest BCUT2D eigenvalue weighted by Gasteiger charge is -2.32. The molecule has 3 heterocycles. The molecule has 0 spiro atoms. The molecule has 5 rings (SSSR count). The minimum absolute atomic E-state index is 0.00280. The Kier molecular flexibility index (Phi) is 5.26. The highest BCUT2D eigenvalue weighted by Crippen LogP contribution is 2.34. The van der Waals surface area contributed by atoms with Crippen molar-refractivity contribution >= 4 is 11.9 Å². The summed E-state index contributed by atoms with van der Waals surface area (Å²) in [6.45, 7) is 1.49. The van der Waals surface area contributed by atoms with Crippen LogP contribution in [0.15, 0.2) is 48.5 Å². The number of carbonyl (C=O) groups is 1. The quantitative estimate of drug-likeness (QED) is 0.652. The summed E-state index contributed by atoms with van der Waals surface area (Å²) in [6.07, 6.45) is 2.23. The van der Waals surface area contributed by atoms with Gasteiger partial charge in [-0.15, -0.1) is 0 Å². The largest absolute Gasteiger partial charge is 0.508 e. The number of amides is 1. The summed E-state index contributed by atoms with van der Waals surface area (Å²) < 4.78 is 10.7. The number of likely N-dealkylation sites (tertiary alicyclic amines) is 1. The topological polar surface area (TPSA) is 111 Å². The summed E-state index contributed by atoms with van der Waals surface area (Å²) in [5, 5.41) is 9.47. The van der Waals surface area contributed by atoms with Crippen molar-refractivity contribution in [2.75, 3.05) is 25.6 Å². The van der Waals surface area contributed by atoms with Gasteiger partial charge in [-0.25, -0.2) is 9.97 Å². The van der Waals surface area contributed by atoms with Crippen LogP contribution in [0.1, 0.15) is 46.1 Å². The van der Waals surface area contributed by atoms with Gasteiger partial charge in [-0.3, -0.25) is 4.79 Å². The van der Waals surface area contributed by atoms with Gasteiger partial charge < -0.3 is 25.2 Å². The number of piperidine rings is 1. The maximum Gasteiger partial charge on any atom is 0.253 e. The van der Waals surface area contributed by atoms with E-state index in [0.29, 0.717) is 36.6 Å². The van der Waals surface area contributed by atoms with Crippen LogP contribution in [0.3, 0.4) is 0 Å². The molecule has 1 saturated heterocycles. The molecular weight excluding hydrogens is 408 g/mol. The standard InChI is InChI=1S/C24H24N4O4/c25-24-26-18(11-15-1-4-19(29)5-2-15)13-20(27-24)16-7-9-28(10-8-16)23(30)17-3-6-21-22(12-17)32-14-31-21/h1-6,12-13,16,29H,7-11,14H2,(H2,25,26,27). The minimum Gasteiger partial charge on any atom is -0.508 e. The highest BCUT2D eigenvalue weighted by atomic mass is 16.7. The molecule has 0 aliphatic carbocycles. The second-order valence-electron chi connectivity index (χ2n) is 8.12. The summed E-state index contributed by atoms with van der Waals surface area (Å²) in [5.74, 6) is 2.00. The van der Waals surface area contributed by atoms with Gasteiger partial charge in [0.1, 0.15) is 5.75 Å². The lowest BCUT2D eigenvalue weighted by Crippen LogP contribution is -2.38. The van der Waals surface area contributed by atoms with Gasteiger partial charge in [0, 0.05) is 36.7 Å². The fourth-order valence-electron chi connectivity index (χ4n) is 4.25. The summed E-state index contributed by atoms with van der Waals surface area (Å²) in [4.78, 5) is 23.7. The Labute approximate surface area is 185 Å². The van der Waals surface area contributed by atoms with Crippen molar-refractivity contribution in [2.45, 2.75) is 25.2 Å². The Hall–Kier alpha value is -3.81. The third kappa shape index (κ3) is 4.16. The van der Waals surface area contributed by atoms with E-state index in [1.807, 2.05) is 23.1 Å². The number of carbonyl (C=O) groups excluding carboxylic acids is 1. The zero-order chi connectivity index (χ0) is 22.1. The molecule has 0 unspecified atom stereocenters. The van der Waals surface area contributed by atoms with Gasteiger partial charge in [0.15, 0.2) is 11.5 Å². The van der Waals surface area contributed by atoms with E-state index in [4.69, 9.17) is 15.2 Å². The average molecular weight is 432 g/mol. The Bertz CT molecular complexity index is 1140. The molecule has 3 aromatic rings. The van der Waals surface area contributed by atoms with Crippen LogP contribution in [0.2, 0.25) is 0 Å². The number of benzene rings is 2. The van der Waals surface area contributed by atoms with Crippen molar-refractivity contribution < 1.29 is 19.4 Å². The third-order valence-corrected chi connectivity index (χ3v) is 5.96. The number of rotatable bonds is 4. The molecule has 1 aromatic heterocycles. The normalized spacial score (nSPS) is 15.7. The maximum atomic E-state index is 12.9. The van der Waals surface area contributed by atoms with E-state index in [9.17, 15) is 9.90 Å². The number of aromatic nitrogens is 2. The van der Waals surface area contributed by atoms with Crippen molar-refractivity contribution in [1.82, 2.24) is 14.9 Å². The Balaban J connectivity index is 1.25. The van der Waals surface area contributed by atoms with Crippen LogP contribution < -0.4 is 15.2 Å². The van der Waals surface area contributed by atoms with Crippen LogP contribution in [0.25, 0.3) is 0 Å². The molecule has 0 radical (unpaired) electrons. The SMILES string of the molecule is Nc1nc(Cc2ccc(O)cc2)cc(C2CCN(C(=O)c3ccc4c(c3)OCO4)CC2)n1. The van der Waals surface area contributed by atoms with Crippen molar-refractivity contribution in [3.05, 3.63) is 71.0 Å². The van der Waals surface area contributed by atoms with Gasteiger partial charge in [0.2, 0.25) is 12.7 Å². The van der Waals surface area contributed by atoms with Crippen molar-refractivity contribution in [2.24, 2.45) is 0 Å². The van der Waals surface area contributed by atoms with E-state index in [0.717, 1.165) is 29.8 Å². The number of fused-ring (bicyclic) bond motifs is 1. The third-order valence-electron chi connectivity index (χ3n) is 5.96. The molecule has 2 aromatic carbocycles. The molecular formula is C24H24N4O4. The number of nitrogen functional groups attached to an aromatic ring is 1. The van der Waals surface area contributed by atoms with Crippen LogP contribution >= 0.6 is 0 Å². The Morgan fingerprint density at radius 1 is 1.03 bits per heavy atom. The van der Waals surface area contributed by atoms with E-state index in [1.165, 1.54) is 0 Å². The van der Waals surface area contributed by atoms with Gasteiger partial charge in [-0.05, 0) is 54.8 Å². The molecule has 3 N–H and O–H groups in total. The Morgan fingerprint density at radius 3 is 2.56 bits per heavy atom. The summed E-state index contributed by atoms with van der Waals surface area (Å²) >= 11 is 0. The lowest BCUT2D eigenvalue weighted by atomic mass is 9.92. The molecule has 0 saturated carbocycles. The number of hydrogen-bond donors (Lipinski definition) is 2. The molecule has 2 aliphatic rings. The minimum atomic E-state index is -0.00280. The highest BCUT2D eigenvalue weighted by molar-refractivity contribution is 5.95. The van der Waals surface area contributed by atoms with Crippen LogP contribution in [0.4, 0.5) is 5.95 Å². The van der Waals surface area contributed by atoms with E-state index in [2.05, 4.69) is 9.97 Å². The number of nitrogens with two attached hydrogens (primary N) is 1. The van der Waals surface area contributed by atoms with Crippen LogP contribution in [0, 0.1) is 0 Å². The van der Waals surface area contributed by atoms with Gasteiger partial charge in [0.05, 0.1) is 5.69 Å². The Morgan fingerprint density at radius 2 is 1.78 bits per heavy atom. The van der Waals surface area contributed by atoms with E-state index >= 15 is 0 Å². The molecule has 0 bridgehead atoms. The predicted octanol–water partition coefficient (Wildman–Crippen LogP) is 3.10. The van der Waals surface area contributed by atoms with Gasteiger partial charge in [0.25, 0.3) is 5.91 Å². The first-order valence-corrected chi connectivity index (χ1v) is 10.7. The second-order valence-corrected chi connectivity index (χ2v) is 8.12. The molecule has 0 atom stereocenters. The van der Waals surface area contributed by atoms with Crippen LogP contribution in [-0.4, -0.2) is 45.8 Å². The van der Waals surface area contributed by atoms with E-state index < -0.39 is 0 Å². The number of phenols is 1. The molecule has 1 fully saturated rings. The fraction of sp³-hybridized carbons (Fsp3) is 0.292. The van der Waals surface area contributed by atoms with Gasteiger partial charge in [-0.2, -0.15) is 0 Å². The first-order chi connectivity index (χ1) is 15.5. The monoisotopic (exact) mass is 432 g/mol. The first kappa shape index (κ1) is 20.1. The zero-order valence-electron chi connectivity index (χ0n) is 17.5. The van der Waals surface area contributed by atoms with Crippen LogP contribution in [0.5, 0.6) is 17.2 Å². The number of nitrogens with zero attached hydrogens (tertiary/aromatic N) is 3. The molecule has 2 aliphatic heterocycles. The number of ether oxygens (including phenoxy) is 2. The summed E-state index contributed by atoms with van der Waals surface area (Å²) in [7, 11) is 0. The molecule has 32 heavy (non-hydrogen) atoms. The fourth-order valence-corrected chi connectivity index (χ4v) is 4.25. The molecule has 8 heteroatoms. The zero-order valence-corrected chi connectivity index (χ0v) is 17.5. The number of aromatic hydroxyl groups is 1. The van der Waals surface area contributed by atoms with Crippen molar-refractivity contribution in [1.29, 1.82) is 0 Å². The maximum absolute atomic E-state index is 12.9. The van der Waals surface area contributed by atoms with E-state index in [-0.39, 0.29) is 30.3 Å². The summed E-state index contributed by atoms with van der Waals surface area (Å²) in [5.41, 5.74) is 9.40. The van der Waals surface area contributed by atoms with Crippen molar-refractivity contribution in [3.63, 3.8) is 0 Å². The van der Waals surface area contributed by atoms with Gasteiger partial charge in [-0.1, -0.05) is 12.1 Å². The number of anilines is 1.